The fourth-order valence-electron chi connectivity index (χ4n) is 2.32. The number of nitrogens with one attached hydrogen (secondary N) is 1. The molecule has 1 saturated heterocycles. The van der Waals surface area contributed by atoms with Crippen molar-refractivity contribution in [2.24, 2.45) is 4.99 Å². The van der Waals surface area contributed by atoms with E-state index in [-0.39, 0.29) is 24.0 Å². The lowest BCUT2D eigenvalue weighted by atomic mass is 10.2. The van der Waals surface area contributed by atoms with Crippen molar-refractivity contribution in [1.82, 2.24) is 4.90 Å². The van der Waals surface area contributed by atoms with Gasteiger partial charge in [-0.2, -0.15) is 4.99 Å². The Morgan fingerprint density at radius 3 is 2.74 bits per heavy atom. The number of aliphatic imine (C=N–C) groups is 1. The van der Waals surface area contributed by atoms with E-state index >= 15 is 0 Å². The van der Waals surface area contributed by atoms with Crippen molar-refractivity contribution in [3.8, 4) is 5.75 Å². The first-order valence-corrected chi connectivity index (χ1v) is 8.20. The second-order valence-corrected chi connectivity index (χ2v) is 6.41. The number of amides is 2. The number of rotatable bonds is 3. The van der Waals surface area contributed by atoms with Gasteiger partial charge in [-0.25, -0.2) is 0 Å². The molecule has 0 spiro atoms. The van der Waals surface area contributed by atoms with Crippen molar-refractivity contribution in [1.29, 1.82) is 0 Å². The number of nitrogens with zero attached hydrogens (tertiary/aromatic N) is 2. The number of amidine groups is 1. The van der Waals surface area contributed by atoms with E-state index in [0.29, 0.717) is 37.2 Å². The number of ether oxygens (including phenoxy) is 1. The number of phenolic OH excluding ortho intramolecular Hbond substituents is 1. The molecule has 0 aliphatic carbocycles. The van der Waals surface area contributed by atoms with Crippen LogP contribution >= 0.6 is 11.8 Å². The molecule has 122 valence electrons. The number of phenols is 1. The summed E-state index contributed by atoms with van der Waals surface area (Å²) in [5.74, 6) is -0.384. The molecule has 1 fully saturated rings. The molecule has 0 aromatic heterocycles. The lowest BCUT2D eigenvalue weighted by Gasteiger charge is -2.27. The van der Waals surface area contributed by atoms with Gasteiger partial charge in [-0.1, -0.05) is 11.8 Å². The van der Waals surface area contributed by atoms with Gasteiger partial charge >= 0.3 is 0 Å². The average Bonchev–Trinajstić information content (AvgIpc) is 2.91. The van der Waals surface area contributed by atoms with E-state index in [0.717, 1.165) is 0 Å². The number of morpholine rings is 1. The summed E-state index contributed by atoms with van der Waals surface area (Å²) in [6.45, 7) is 2.68. The average molecular weight is 335 g/mol. The minimum atomic E-state index is -0.482. The molecule has 2 N–H and O–H groups in total. The maximum atomic E-state index is 12.1. The molecule has 0 radical (unpaired) electrons. The molecule has 3 rings (SSSR count). The Morgan fingerprint density at radius 2 is 2.04 bits per heavy atom. The Bertz CT molecular complexity index is 626. The number of thioether (sulfide) groups is 1. The molecule has 2 aliphatic heterocycles. The molecule has 2 aliphatic rings. The maximum absolute atomic E-state index is 12.1. The first-order valence-electron chi connectivity index (χ1n) is 7.32. The van der Waals surface area contributed by atoms with Crippen LogP contribution in [-0.2, 0) is 14.3 Å². The molecule has 2 heterocycles. The molecule has 2 amide bonds. The summed E-state index contributed by atoms with van der Waals surface area (Å²) in [6.07, 6.45) is 0.0711. The summed E-state index contributed by atoms with van der Waals surface area (Å²) in [5, 5.41) is 12.1. The summed E-state index contributed by atoms with van der Waals surface area (Å²) >= 11 is 1.34. The number of aromatic hydroxyl groups is 1. The fourth-order valence-corrected chi connectivity index (χ4v) is 3.44. The zero-order valence-corrected chi connectivity index (χ0v) is 13.2. The van der Waals surface area contributed by atoms with Crippen molar-refractivity contribution in [2.45, 2.75) is 11.7 Å². The number of hydrogen-bond acceptors (Lipinski definition) is 6. The second-order valence-electron chi connectivity index (χ2n) is 5.24. The smallest absolute Gasteiger partial charge is 0.262 e. The first-order chi connectivity index (χ1) is 11.1. The van der Waals surface area contributed by atoms with Gasteiger partial charge in [0.05, 0.1) is 13.2 Å². The van der Waals surface area contributed by atoms with Gasteiger partial charge in [0, 0.05) is 25.2 Å². The molecular weight excluding hydrogens is 318 g/mol. The summed E-state index contributed by atoms with van der Waals surface area (Å²) in [6, 6.07) is 6.19. The lowest BCUT2D eigenvalue weighted by Crippen LogP contribution is -2.39. The van der Waals surface area contributed by atoms with Crippen LogP contribution in [0, 0.1) is 0 Å². The molecule has 0 bridgehead atoms. The van der Waals surface area contributed by atoms with Crippen LogP contribution in [0.4, 0.5) is 5.69 Å². The van der Waals surface area contributed by atoms with E-state index in [4.69, 9.17) is 4.74 Å². The Kier molecular flexibility index (Phi) is 4.82. The van der Waals surface area contributed by atoms with Crippen molar-refractivity contribution >= 4 is 34.4 Å². The second kappa shape index (κ2) is 7.01. The van der Waals surface area contributed by atoms with Crippen molar-refractivity contribution in [2.75, 3.05) is 31.6 Å². The summed E-state index contributed by atoms with van der Waals surface area (Å²) in [5.41, 5.74) is 0.581. The standard InChI is InChI=1S/C15H17N3O4S/c19-11-3-1-10(2-4-11)16-13(20)9-12-14(21)17-15(23-12)18-5-7-22-8-6-18/h1-4,12,19H,5-9H2,(H,16,20)/t12-/m1/s1. The SMILES string of the molecule is O=C(C[C@H]1SC(N2CCOCC2)=NC1=O)Nc1ccc(O)cc1. The monoisotopic (exact) mass is 335 g/mol. The minimum absolute atomic E-state index is 0.0711. The maximum Gasteiger partial charge on any atom is 0.262 e. The molecule has 1 aromatic carbocycles. The lowest BCUT2D eigenvalue weighted by molar-refractivity contribution is -0.121. The number of carbonyl (C=O) groups is 2. The predicted molar refractivity (Wildman–Crippen MR) is 87.6 cm³/mol. The quantitative estimate of drug-likeness (QED) is 0.803. The highest BCUT2D eigenvalue weighted by Gasteiger charge is 2.33. The molecule has 7 nitrogen and oxygen atoms in total. The van der Waals surface area contributed by atoms with Gasteiger partial charge in [0.15, 0.2) is 5.17 Å². The van der Waals surface area contributed by atoms with Gasteiger partial charge < -0.3 is 20.1 Å². The van der Waals surface area contributed by atoms with Crippen molar-refractivity contribution in [3.63, 3.8) is 0 Å². The number of benzene rings is 1. The highest BCUT2D eigenvalue weighted by Crippen LogP contribution is 2.28. The third kappa shape index (κ3) is 4.02. The Morgan fingerprint density at radius 1 is 1.35 bits per heavy atom. The number of hydrogen-bond donors (Lipinski definition) is 2. The molecule has 8 heteroatoms. The normalized spacial score (nSPS) is 21.2. The van der Waals surface area contributed by atoms with E-state index in [1.54, 1.807) is 12.1 Å². The van der Waals surface area contributed by atoms with Crippen molar-refractivity contribution in [3.05, 3.63) is 24.3 Å². The first kappa shape index (κ1) is 15.8. The summed E-state index contributed by atoms with van der Waals surface area (Å²) in [4.78, 5) is 30.1. The Hall–Kier alpha value is -2.06. The van der Waals surface area contributed by atoms with Gasteiger partial charge in [0.2, 0.25) is 5.91 Å². The van der Waals surface area contributed by atoms with Crippen LogP contribution in [0.3, 0.4) is 0 Å². The molecule has 0 unspecified atom stereocenters. The van der Waals surface area contributed by atoms with E-state index in [1.807, 2.05) is 4.90 Å². The highest BCUT2D eigenvalue weighted by atomic mass is 32.2. The molecular formula is C15H17N3O4S. The van der Waals surface area contributed by atoms with E-state index in [9.17, 15) is 14.7 Å². The van der Waals surface area contributed by atoms with Crippen LogP contribution < -0.4 is 5.32 Å². The van der Waals surface area contributed by atoms with Gasteiger partial charge in [0.1, 0.15) is 11.0 Å². The zero-order valence-electron chi connectivity index (χ0n) is 12.4. The van der Waals surface area contributed by atoms with Crippen LogP contribution in [0.25, 0.3) is 0 Å². The number of anilines is 1. The Balaban J connectivity index is 1.53. The molecule has 1 atom stereocenters. The third-order valence-corrected chi connectivity index (χ3v) is 4.75. The van der Waals surface area contributed by atoms with E-state index in [2.05, 4.69) is 10.3 Å². The highest BCUT2D eigenvalue weighted by molar-refractivity contribution is 8.15. The summed E-state index contributed by atoms with van der Waals surface area (Å²) in [7, 11) is 0. The van der Waals surface area contributed by atoms with Gasteiger partial charge in [-0.3, -0.25) is 9.59 Å². The van der Waals surface area contributed by atoms with Gasteiger partial charge in [-0.15, -0.1) is 0 Å². The van der Waals surface area contributed by atoms with Crippen LogP contribution in [-0.4, -0.2) is 58.5 Å². The number of carbonyl (C=O) groups excluding carboxylic acids is 2. The zero-order chi connectivity index (χ0) is 16.2. The van der Waals surface area contributed by atoms with Crippen LogP contribution in [0.1, 0.15) is 6.42 Å². The van der Waals surface area contributed by atoms with Crippen LogP contribution in [0.15, 0.2) is 29.3 Å². The largest absolute Gasteiger partial charge is 0.508 e. The topological polar surface area (TPSA) is 91.2 Å². The third-order valence-electron chi connectivity index (χ3n) is 3.53. The van der Waals surface area contributed by atoms with Crippen LogP contribution in [0.2, 0.25) is 0 Å². The molecule has 1 aromatic rings. The van der Waals surface area contributed by atoms with Gasteiger partial charge in [-0.05, 0) is 24.3 Å². The van der Waals surface area contributed by atoms with Crippen molar-refractivity contribution < 1.29 is 19.4 Å². The minimum Gasteiger partial charge on any atom is -0.508 e. The Labute approximate surface area is 137 Å². The molecule has 23 heavy (non-hydrogen) atoms. The van der Waals surface area contributed by atoms with Crippen LogP contribution in [0.5, 0.6) is 5.75 Å². The summed E-state index contributed by atoms with van der Waals surface area (Å²) < 4.78 is 5.28. The van der Waals surface area contributed by atoms with E-state index < -0.39 is 5.25 Å². The molecule has 0 saturated carbocycles. The van der Waals surface area contributed by atoms with Gasteiger partial charge in [0.25, 0.3) is 5.91 Å². The van der Waals surface area contributed by atoms with E-state index in [1.165, 1.54) is 23.9 Å². The fraction of sp³-hybridized carbons (Fsp3) is 0.400. The predicted octanol–water partition coefficient (Wildman–Crippen LogP) is 1.05.